The Kier molecular flexibility index (Phi) is 5.11. The maximum atomic E-state index is 13.4. The predicted molar refractivity (Wildman–Crippen MR) is 88.1 cm³/mol. The zero-order valence-corrected chi connectivity index (χ0v) is 15.2. The van der Waals surface area contributed by atoms with E-state index in [4.69, 9.17) is 4.74 Å². The molecule has 0 amide bonds. The Morgan fingerprint density at radius 1 is 1.24 bits per heavy atom. The van der Waals surface area contributed by atoms with Crippen molar-refractivity contribution in [3.63, 3.8) is 0 Å². The summed E-state index contributed by atoms with van der Waals surface area (Å²) in [5.74, 6) is -3.09. The van der Waals surface area contributed by atoms with Crippen molar-refractivity contribution in [1.29, 1.82) is 0 Å². The van der Waals surface area contributed by atoms with Gasteiger partial charge in [-0.1, -0.05) is 0 Å². The van der Waals surface area contributed by atoms with Crippen LogP contribution in [0.4, 0.5) is 8.78 Å². The number of pyridine rings is 1. The fourth-order valence-electron chi connectivity index (χ4n) is 3.13. The summed E-state index contributed by atoms with van der Waals surface area (Å²) in [6.45, 7) is 4.41. The van der Waals surface area contributed by atoms with Crippen LogP contribution in [0.3, 0.4) is 0 Å². The molecule has 1 aromatic heterocycles. The summed E-state index contributed by atoms with van der Waals surface area (Å²) in [6, 6.07) is 2.97. The lowest BCUT2D eigenvalue weighted by atomic mass is 10.1. The van der Waals surface area contributed by atoms with E-state index in [0.29, 0.717) is 45.2 Å². The van der Waals surface area contributed by atoms with E-state index in [0.717, 1.165) is 13.0 Å². The molecule has 0 atom stereocenters. The normalized spacial score (nSPS) is 21.3. The number of halogens is 2. The van der Waals surface area contributed by atoms with E-state index in [9.17, 15) is 17.2 Å². The molecule has 2 fully saturated rings. The first-order valence-corrected chi connectivity index (χ1v) is 9.82. The van der Waals surface area contributed by atoms with E-state index in [2.05, 4.69) is 10.3 Å². The van der Waals surface area contributed by atoms with Gasteiger partial charge in [0.05, 0.1) is 24.9 Å². The Labute approximate surface area is 146 Å². The summed E-state index contributed by atoms with van der Waals surface area (Å²) in [7, 11) is -3.72. The Hall–Kier alpha value is -1.16. The van der Waals surface area contributed by atoms with Gasteiger partial charge in [-0.2, -0.15) is 13.1 Å². The highest BCUT2D eigenvalue weighted by atomic mass is 32.2. The third-order valence-electron chi connectivity index (χ3n) is 4.67. The number of rotatable bonds is 5. The molecule has 2 aliphatic heterocycles. The minimum Gasteiger partial charge on any atom is -0.378 e. The van der Waals surface area contributed by atoms with E-state index in [1.54, 1.807) is 0 Å². The maximum Gasteiger partial charge on any atom is 0.286 e. The highest BCUT2D eigenvalue weighted by Gasteiger charge is 2.33. The van der Waals surface area contributed by atoms with Gasteiger partial charge in [0.15, 0.2) is 0 Å². The van der Waals surface area contributed by atoms with E-state index in [-0.39, 0.29) is 16.6 Å². The Morgan fingerprint density at radius 2 is 1.88 bits per heavy atom. The van der Waals surface area contributed by atoms with Crippen molar-refractivity contribution >= 4 is 10.0 Å². The number of alkyl halides is 2. The topological polar surface area (TPSA) is 71.5 Å². The number of sulfonamides is 1. The molecule has 0 unspecified atom stereocenters. The van der Waals surface area contributed by atoms with Gasteiger partial charge in [0.1, 0.15) is 10.6 Å². The van der Waals surface area contributed by atoms with Crippen LogP contribution in [0.2, 0.25) is 0 Å². The minimum absolute atomic E-state index is 0.000646. The smallest absolute Gasteiger partial charge is 0.286 e. The number of hydrogen-bond donors (Lipinski definition) is 1. The quantitative estimate of drug-likeness (QED) is 0.847. The van der Waals surface area contributed by atoms with Crippen LogP contribution in [0, 0.1) is 6.92 Å². The molecular formula is C16H23F2N3O3S. The van der Waals surface area contributed by atoms with E-state index < -0.39 is 21.6 Å². The Morgan fingerprint density at radius 3 is 2.36 bits per heavy atom. The summed E-state index contributed by atoms with van der Waals surface area (Å²) >= 11 is 0. The third-order valence-corrected chi connectivity index (χ3v) is 6.70. The summed E-state index contributed by atoms with van der Waals surface area (Å²) in [5.41, 5.74) is -0.319. The van der Waals surface area contributed by atoms with Crippen LogP contribution in [0.5, 0.6) is 0 Å². The summed E-state index contributed by atoms with van der Waals surface area (Å²) in [5, 5.41) is 3.46. The second-order valence-electron chi connectivity index (χ2n) is 6.75. The molecule has 3 heterocycles. The monoisotopic (exact) mass is 375 g/mol. The lowest BCUT2D eigenvalue weighted by Crippen LogP contribution is -2.53. The van der Waals surface area contributed by atoms with Crippen molar-refractivity contribution < 1.29 is 21.9 Å². The molecule has 0 aromatic carbocycles. The fraction of sp³-hybridized carbons (Fsp3) is 0.688. The van der Waals surface area contributed by atoms with E-state index >= 15 is 0 Å². The zero-order valence-electron chi connectivity index (χ0n) is 14.3. The molecule has 0 bridgehead atoms. The first-order valence-electron chi connectivity index (χ1n) is 8.38. The molecule has 1 aromatic rings. The van der Waals surface area contributed by atoms with Gasteiger partial charge in [0.25, 0.3) is 5.92 Å². The first kappa shape index (κ1) is 18.6. The van der Waals surface area contributed by atoms with Gasteiger partial charge in [-0.3, -0.25) is 4.98 Å². The Balaban J connectivity index is 1.69. The van der Waals surface area contributed by atoms with Gasteiger partial charge in [-0.25, -0.2) is 8.42 Å². The lowest BCUT2D eigenvalue weighted by molar-refractivity contribution is -0.0124. The lowest BCUT2D eigenvalue weighted by Gasteiger charge is -2.36. The number of aryl methyl sites for hydroxylation is 1. The van der Waals surface area contributed by atoms with Gasteiger partial charge < -0.3 is 10.1 Å². The number of nitrogens with one attached hydrogen (secondary N) is 1. The summed E-state index contributed by atoms with van der Waals surface area (Å²) < 4.78 is 58.9. The van der Waals surface area contributed by atoms with Crippen molar-refractivity contribution in [3.05, 3.63) is 23.5 Å². The SMILES string of the molecule is Cc1nc(C(C)(F)F)ccc1S(=O)(=O)N1CCC(NC2COC2)CC1. The van der Waals surface area contributed by atoms with E-state index in [1.807, 2.05) is 0 Å². The van der Waals surface area contributed by atoms with Crippen molar-refractivity contribution in [1.82, 2.24) is 14.6 Å². The fourth-order valence-corrected chi connectivity index (χ4v) is 4.76. The average Bonchev–Trinajstić information content (AvgIpc) is 2.50. The van der Waals surface area contributed by atoms with Crippen LogP contribution in [-0.4, -0.2) is 56.1 Å². The second kappa shape index (κ2) is 6.86. The second-order valence-corrected chi connectivity index (χ2v) is 8.65. The molecule has 1 N–H and O–H groups in total. The molecule has 25 heavy (non-hydrogen) atoms. The van der Waals surface area contributed by atoms with Crippen molar-refractivity contribution in [2.75, 3.05) is 26.3 Å². The molecule has 0 spiro atoms. The standard InChI is InChI=1S/C16H23F2N3O3S/c1-11-14(3-4-15(19-11)16(2,17)18)25(22,23)21-7-5-12(6-8-21)20-13-9-24-10-13/h3-4,12-13,20H,5-10H2,1-2H3. The molecule has 2 saturated heterocycles. The van der Waals surface area contributed by atoms with Gasteiger partial charge in [0, 0.05) is 26.1 Å². The van der Waals surface area contributed by atoms with Crippen molar-refractivity contribution in [2.45, 2.75) is 49.6 Å². The van der Waals surface area contributed by atoms with Crippen LogP contribution in [0.15, 0.2) is 17.0 Å². The van der Waals surface area contributed by atoms with Crippen LogP contribution in [0.1, 0.15) is 31.2 Å². The molecule has 2 aliphatic rings. The molecule has 0 saturated carbocycles. The molecule has 0 radical (unpaired) electrons. The number of hydrogen-bond acceptors (Lipinski definition) is 5. The molecular weight excluding hydrogens is 352 g/mol. The van der Waals surface area contributed by atoms with Gasteiger partial charge in [0.2, 0.25) is 10.0 Å². The zero-order chi connectivity index (χ0) is 18.2. The van der Waals surface area contributed by atoms with Crippen molar-refractivity contribution in [3.8, 4) is 0 Å². The largest absolute Gasteiger partial charge is 0.378 e. The molecule has 0 aliphatic carbocycles. The highest BCUT2D eigenvalue weighted by molar-refractivity contribution is 7.89. The van der Waals surface area contributed by atoms with Crippen LogP contribution >= 0.6 is 0 Å². The van der Waals surface area contributed by atoms with Gasteiger partial charge >= 0.3 is 0 Å². The molecule has 3 rings (SSSR count). The predicted octanol–water partition coefficient (Wildman–Crippen LogP) is 1.64. The third kappa shape index (κ3) is 3.99. The molecule has 6 nitrogen and oxygen atoms in total. The number of piperidine rings is 1. The summed E-state index contributed by atoms with van der Waals surface area (Å²) in [6.07, 6.45) is 1.43. The Bertz CT molecular complexity index is 725. The van der Waals surface area contributed by atoms with Gasteiger partial charge in [-0.15, -0.1) is 0 Å². The average molecular weight is 375 g/mol. The van der Waals surface area contributed by atoms with Crippen LogP contribution in [0.25, 0.3) is 0 Å². The molecule has 140 valence electrons. The van der Waals surface area contributed by atoms with Crippen LogP contribution in [-0.2, 0) is 20.7 Å². The van der Waals surface area contributed by atoms with Gasteiger partial charge in [-0.05, 0) is 31.9 Å². The minimum atomic E-state index is -3.72. The first-order chi connectivity index (χ1) is 11.7. The molecule has 9 heteroatoms. The number of ether oxygens (including phenoxy) is 1. The van der Waals surface area contributed by atoms with Crippen molar-refractivity contribution in [2.24, 2.45) is 0 Å². The van der Waals surface area contributed by atoms with E-state index in [1.165, 1.54) is 17.3 Å². The van der Waals surface area contributed by atoms with Crippen LogP contribution < -0.4 is 5.32 Å². The maximum absolute atomic E-state index is 13.4. The number of nitrogens with zero attached hydrogens (tertiary/aromatic N) is 2. The number of aromatic nitrogens is 1. The highest BCUT2D eigenvalue weighted by Crippen LogP contribution is 2.28. The summed E-state index contributed by atoms with van der Waals surface area (Å²) in [4.78, 5) is 3.80.